The molecule has 0 aliphatic carbocycles. The number of aldehydes is 1. The lowest BCUT2D eigenvalue weighted by Gasteiger charge is -2.10. The number of benzene rings is 2. The second-order valence-corrected chi connectivity index (χ2v) is 7.92. The van der Waals surface area contributed by atoms with Gasteiger partial charge in [-0.3, -0.25) is 14.9 Å². The first-order valence-corrected chi connectivity index (χ1v) is 12.4. The Labute approximate surface area is 213 Å². The van der Waals surface area contributed by atoms with Crippen LogP contribution in [0.15, 0.2) is 48.5 Å². The molecule has 36 heavy (non-hydrogen) atoms. The Balaban J connectivity index is 0.000000369. The van der Waals surface area contributed by atoms with Gasteiger partial charge in [-0.05, 0) is 42.7 Å². The lowest BCUT2D eigenvalue weighted by Crippen LogP contribution is -2.12. The average Bonchev–Trinajstić information content (AvgIpc) is 2.88. The molecule has 0 aliphatic rings. The molecule has 2 aromatic rings. The molecule has 0 radical (unpaired) electrons. The van der Waals surface area contributed by atoms with Crippen LogP contribution in [0, 0.1) is 10.1 Å². The summed E-state index contributed by atoms with van der Waals surface area (Å²) < 4.78 is 21.6. The number of unbranched alkanes of at least 4 members (excludes halogenated alkanes) is 2. The van der Waals surface area contributed by atoms with E-state index in [2.05, 4.69) is 13.8 Å². The second kappa shape index (κ2) is 20.2. The van der Waals surface area contributed by atoms with E-state index >= 15 is 0 Å². The smallest absolute Gasteiger partial charge is 0.233 e. The van der Waals surface area contributed by atoms with Gasteiger partial charge in [0.1, 0.15) is 37.1 Å². The number of ether oxygens (including phenoxy) is 4. The molecule has 0 amide bonds. The van der Waals surface area contributed by atoms with Crippen LogP contribution in [0.1, 0.15) is 61.6 Å². The molecule has 1 N–H and O–H groups in total. The minimum Gasteiger partial charge on any atom is -0.491 e. The standard InChI is InChI=1S/C14H21NO5.C13H18O3/c1-2-3-7-19-8-9-20-13-6-4-5-12(10-13)14(16)11-15(17)18;1-2-3-7-15-8-9-16-13-6-4-5-12(10-13)11-14/h4-6,10,14,16H,2-3,7-9,11H2,1H3;4-6,10-11H,2-3,7-9H2,1H3/t14-;/m1./s1. The van der Waals surface area contributed by atoms with Gasteiger partial charge >= 0.3 is 0 Å². The Hall–Kier alpha value is -3.01. The summed E-state index contributed by atoms with van der Waals surface area (Å²) >= 11 is 0. The molecule has 0 saturated heterocycles. The van der Waals surface area contributed by atoms with Gasteiger partial charge in [0.25, 0.3) is 0 Å². The van der Waals surface area contributed by atoms with E-state index in [1.807, 2.05) is 6.07 Å². The van der Waals surface area contributed by atoms with Crippen LogP contribution < -0.4 is 9.47 Å². The Morgan fingerprint density at radius 3 is 1.94 bits per heavy atom. The first-order chi connectivity index (χ1) is 17.5. The molecule has 9 heteroatoms. The summed E-state index contributed by atoms with van der Waals surface area (Å²) in [5.74, 6) is 1.28. The van der Waals surface area contributed by atoms with Crippen LogP contribution in [0.5, 0.6) is 11.5 Å². The number of rotatable bonds is 18. The quantitative estimate of drug-likeness (QED) is 0.132. The number of aliphatic hydroxyl groups is 1. The number of nitrogens with zero attached hydrogens (tertiary/aromatic N) is 1. The van der Waals surface area contributed by atoms with Gasteiger partial charge in [-0.1, -0.05) is 51.0 Å². The van der Waals surface area contributed by atoms with Crippen LogP contribution in [0.25, 0.3) is 0 Å². The molecule has 0 fully saturated rings. The van der Waals surface area contributed by atoms with Crippen molar-refractivity contribution in [2.45, 2.75) is 45.6 Å². The lowest BCUT2D eigenvalue weighted by molar-refractivity contribution is -0.491. The van der Waals surface area contributed by atoms with Gasteiger partial charge in [-0.15, -0.1) is 0 Å². The summed E-state index contributed by atoms with van der Waals surface area (Å²) in [6.07, 6.45) is 4.04. The van der Waals surface area contributed by atoms with Crippen LogP contribution in [-0.4, -0.2) is 62.5 Å². The monoisotopic (exact) mass is 505 g/mol. The first kappa shape index (κ1) is 31.0. The molecule has 0 saturated carbocycles. The zero-order valence-electron chi connectivity index (χ0n) is 21.3. The maximum atomic E-state index is 10.5. The maximum absolute atomic E-state index is 10.5. The van der Waals surface area contributed by atoms with Crippen LogP contribution in [0.3, 0.4) is 0 Å². The lowest BCUT2D eigenvalue weighted by atomic mass is 10.1. The summed E-state index contributed by atoms with van der Waals surface area (Å²) in [6, 6.07) is 13.8. The van der Waals surface area contributed by atoms with Gasteiger partial charge in [-0.2, -0.15) is 0 Å². The highest BCUT2D eigenvalue weighted by Crippen LogP contribution is 2.19. The normalized spacial score (nSPS) is 11.2. The number of nitro groups is 1. The highest BCUT2D eigenvalue weighted by atomic mass is 16.6. The van der Waals surface area contributed by atoms with Gasteiger partial charge in [0.2, 0.25) is 6.54 Å². The van der Waals surface area contributed by atoms with Gasteiger partial charge in [0.05, 0.1) is 13.2 Å². The Morgan fingerprint density at radius 2 is 1.42 bits per heavy atom. The molecule has 0 aromatic heterocycles. The van der Waals surface area contributed by atoms with Crippen molar-refractivity contribution in [3.8, 4) is 11.5 Å². The summed E-state index contributed by atoms with van der Waals surface area (Å²) in [4.78, 5) is 20.3. The van der Waals surface area contributed by atoms with E-state index < -0.39 is 17.6 Å². The zero-order valence-corrected chi connectivity index (χ0v) is 21.3. The number of hydrogen-bond donors (Lipinski definition) is 1. The van der Waals surface area contributed by atoms with Crippen LogP contribution >= 0.6 is 0 Å². The molecule has 0 unspecified atom stereocenters. The predicted molar refractivity (Wildman–Crippen MR) is 138 cm³/mol. The fourth-order valence-electron chi connectivity index (χ4n) is 2.87. The molecule has 2 rings (SSSR count). The Bertz CT molecular complexity index is 861. The molecule has 200 valence electrons. The van der Waals surface area contributed by atoms with Crippen molar-refractivity contribution >= 4 is 6.29 Å². The van der Waals surface area contributed by atoms with Crippen molar-refractivity contribution in [1.82, 2.24) is 0 Å². The molecule has 2 aromatic carbocycles. The molecular formula is C27H39NO8. The van der Waals surface area contributed by atoms with E-state index in [0.717, 1.165) is 45.2 Å². The highest BCUT2D eigenvalue weighted by Gasteiger charge is 2.14. The number of carbonyl (C=O) groups excluding carboxylic acids is 1. The average molecular weight is 506 g/mol. The van der Waals surface area contributed by atoms with E-state index in [1.165, 1.54) is 0 Å². The highest BCUT2D eigenvalue weighted by molar-refractivity contribution is 5.75. The third-order valence-electron chi connectivity index (χ3n) is 4.84. The summed E-state index contributed by atoms with van der Waals surface area (Å²) in [6.45, 7) is 7.25. The van der Waals surface area contributed by atoms with Crippen molar-refractivity contribution in [2.75, 3.05) is 46.2 Å². The molecule has 9 nitrogen and oxygen atoms in total. The second-order valence-electron chi connectivity index (χ2n) is 7.92. The summed E-state index contributed by atoms with van der Waals surface area (Å²) in [5.41, 5.74) is 1.11. The van der Waals surface area contributed by atoms with Gasteiger partial charge in [0, 0.05) is 23.7 Å². The van der Waals surface area contributed by atoms with E-state index in [-0.39, 0.29) is 0 Å². The third kappa shape index (κ3) is 15.1. The fourth-order valence-corrected chi connectivity index (χ4v) is 2.87. The van der Waals surface area contributed by atoms with Crippen molar-refractivity contribution in [2.24, 2.45) is 0 Å². The Morgan fingerprint density at radius 1 is 0.861 bits per heavy atom. The van der Waals surface area contributed by atoms with E-state index in [1.54, 1.807) is 42.5 Å². The fraction of sp³-hybridized carbons (Fsp3) is 0.519. The van der Waals surface area contributed by atoms with Crippen molar-refractivity contribution in [3.05, 3.63) is 69.8 Å². The number of aliphatic hydroxyl groups excluding tert-OH is 1. The van der Waals surface area contributed by atoms with E-state index in [4.69, 9.17) is 18.9 Å². The third-order valence-corrected chi connectivity index (χ3v) is 4.84. The Kier molecular flexibility index (Phi) is 17.4. The largest absolute Gasteiger partial charge is 0.491 e. The molecule has 0 bridgehead atoms. The summed E-state index contributed by atoms with van der Waals surface area (Å²) in [5, 5.41) is 20.0. The van der Waals surface area contributed by atoms with E-state index in [9.17, 15) is 20.0 Å². The van der Waals surface area contributed by atoms with E-state index in [0.29, 0.717) is 49.1 Å². The molecule has 0 heterocycles. The maximum Gasteiger partial charge on any atom is 0.233 e. The summed E-state index contributed by atoms with van der Waals surface area (Å²) in [7, 11) is 0. The van der Waals surface area contributed by atoms with Crippen LogP contribution in [0.4, 0.5) is 0 Å². The first-order valence-electron chi connectivity index (χ1n) is 12.4. The van der Waals surface area contributed by atoms with Crippen LogP contribution in [0.2, 0.25) is 0 Å². The minimum absolute atomic E-state index is 0.415. The van der Waals surface area contributed by atoms with Crippen molar-refractivity contribution in [3.63, 3.8) is 0 Å². The number of carbonyl (C=O) groups is 1. The zero-order chi connectivity index (χ0) is 26.4. The van der Waals surface area contributed by atoms with Gasteiger partial charge in [0.15, 0.2) is 0 Å². The minimum atomic E-state index is -1.12. The van der Waals surface area contributed by atoms with Crippen molar-refractivity contribution in [1.29, 1.82) is 0 Å². The number of hydrogen-bond acceptors (Lipinski definition) is 8. The molecule has 1 atom stereocenters. The molecule has 0 aliphatic heterocycles. The van der Waals surface area contributed by atoms with Crippen LogP contribution in [-0.2, 0) is 9.47 Å². The SMILES string of the molecule is CCCCOCCOc1cccc(C=O)c1.CCCCOCCOc1cccc([C@H](O)C[N+](=O)[O-])c1. The van der Waals surface area contributed by atoms with Gasteiger partial charge in [-0.25, -0.2) is 0 Å². The van der Waals surface area contributed by atoms with Crippen molar-refractivity contribution < 1.29 is 33.8 Å². The topological polar surface area (TPSA) is 117 Å². The molecular weight excluding hydrogens is 466 g/mol. The predicted octanol–water partition coefficient (Wildman–Crippen LogP) is 4.89. The van der Waals surface area contributed by atoms with Gasteiger partial charge < -0.3 is 24.1 Å². The molecule has 0 spiro atoms.